The Bertz CT molecular complexity index is 167. The van der Waals surface area contributed by atoms with E-state index in [-0.39, 0.29) is 18.9 Å². The van der Waals surface area contributed by atoms with E-state index in [1.807, 2.05) is 13.8 Å². The predicted molar refractivity (Wildman–Crippen MR) is 48.3 cm³/mol. The largest absolute Gasteiger partial charge is 0.477 e. The van der Waals surface area contributed by atoms with Crippen LogP contribution in [0.3, 0.4) is 0 Å². The molecule has 0 amide bonds. The first-order valence-electron chi connectivity index (χ1n) is 4.52. The van der Waals surface area contributed by atoms with Crippen molar-refractivity contribution in [2.75, 3.05) is 6.61 Å². The number of aliphatic hydroxyl groups is 1. The molecule has 13 heavy (non-hydrogen) atoms. The molecule has 0 rings (SSSR count). The summed E-state index contributed by atoms with van der Waals surface area (Å²) in [5, 5.41) is 18.2. The van der Waals surface area contributed by atoms with Crippen molar-refractivity contribution in [3.63, 3.8) is 0 Å². The van der Waals surface area contributed by atoms with E-state index in [1.54, 1.807) is 6.92 Å². The van der Waals surface area contributed by atoms with E-state index in [2.05, 4.69) is 0 Å². The van der Waals surface area contributed by atoms with Gasteiger partial charge >= 0.3 is 5.97 Å². The van der Waals surface area contributed by atoms with Crippen LogP contribution in [-0.2, 0) is 9.53 Å². The van der Waals surface area contributed by atoms with Gasteiger partial charge in [0.2, 0.25) is 0 Å². The second-order valence-electron chi connectivity index (χ2n) is 3.54. The Hall–Kier alpha value is -0.610. The number of carboxylic acids is 1. The van der Waals surface area contributed by atoms with Gasteiger partial charge in [-0.15, -0.1) is 0 Å². The first-order valence-corrected chi connectivity index (χ1v) is 4.52. The standard InChI is InChI=1S/C9H18O4/c1-4-5-9(12,8(10)11)13-6-7(2)3/h7,12H,4-6H2,1-3H3,(H,10,11). The lowest BCUT2D eigenvalue weighted by atomic mass is 10.1. The van der Waals surface area contributed by atoms with Gasteiger partial charge in [-0.3, -0.25) is 0 Å². The van der Waals surface area contributed by atoms with Crippen molar-refractivity contribution in [2.24, 2.45) is 5.92 Å². The van der Waals surface area contributed by atoms with Crippen molar-refractivity contribution < 1.29 is 19.7 Å². The summed E-state index contributed by atoms with van der Waals surface area (Å²) < 4.78 is 4.95. The lowest BCUT2D eigenvalue weighted by molar-refractivity contribution is -0.228. The van der Waals surface area contributed by atoms with Crippen molar-refractivity contribution in [3.05, 3.63) is 0 Å². The molecule has 0 fully saturated rings. The third kappa shape index (κ3) is 4.24. The minimum Gasteiger partial charge on any atom is -0.477 e. The van der Waals surface area contributed by atoms with Gasteiger partial charge in [-0.25, -0.2) is 4.79 Å². The quantitative estimate of drug-likeness (QED) is 0.618. The van der Waals surface area contributed by atoms with Crippen LogP contribution in [0, 0.1) is 5.92 Å². The first kappa shape index (κ1) is 12.4. The molecule has 0 aliphatic heterocycles. The second-order valence-corrected chi connectivity index (χ2v) is 3.54. The van der Waals surface area contributed by atoms with Gasteiger partial charge in [0.1, 0.15) is 0 Å². The van der Waals surface area contributed by atoms with Crippen LogP contribution >= 0.6 is 0 Å². The molecule has 1 atom stereocenters. The van der Waals surface area contributed by atoms with Crippen LogP contribution < -0.4 is 0 Å². The average Bonchev–Trinajstić information content (AvgIpc) is 2.01. The monoisotopic (exact) mass is 190 g/mol. The fourth-order valence-corrected chi connectivity index (χ4v) is 0.884. The number of aliphatic carboxylic acids is 1. The van der Waals surface area contributed by atoms with Crippen LogP contribution in [0.1, 0.15) is 33.6 Å². The van der Waals surface area contributed by atoms with Crippen LogP contribution in [0.5, 0.6) is 0 Å². The van der Waals surface area contributed by atoms with E-state index in [0.717, 1.165) is 0 Å². The Morgan fingerprint density at radius 3 is 2.38 bits per heavy atom. The van der Waals surface area contributed by atoms with E-state index >= 15 is 0 Å². The maximum atomic E-state index is 10.6. The van der Waals surface area contributed by atoms with Gasteiger partial charge in [0.15, 0.2) is 0 Å². The highest BCUT2D eigenvalue weighted by molar-refractivity contribution is 5.75. The molecule has 0 aromatic heterocycles. The van der Waals surface area contributed by atoms with Gasteiger partial charge in [0.05, 0.1) is 6.61 Å². The van der Waals surface area contributed by atoms with Gasteiger partial charge in [-0.1, -0.05) is 27.2 Å². The maximum Gasteiger partial charge on any atom is 0.364 e. The number of hydrogen-bond donors (Lipinski definition) is 2. The number of carbonyl (C=O) groups is 1. The lowest BCUT2D eigenvalue weighted by Gasteiger charge is -2.23. The summed E-state index contributed by atoms with van der Waals surface area (Å²) >= 11 is 0. The first-order chi connectivity index (χ1) is 5.92. The Morgan fingerprint density at radius 2 is 2.08 bits per heavy atom. The number of carboxylic acid groups (broad SMARTS) is 1. The Kier molecular flexibility index (Phi) is 4.95. The zero-order valence-electron chi connectivity index (χ0n) is 8.41. The molecule has 4 nitrogen and oxygen atoms in total. The SMILES string of the molecule is CCCC(O)(OCC(C)C)C(=O)O. The fraction of sp³-hybridized carbons (Fsp3) is 0.889. The molecular formula is C9H18O4. The molecule has 0 spiro atoms. The molecular weight excluding hydrogens is 172 g/mol. The highest BCUT2D eigenvalue weighted by Gasteiger charge is 2.36. The maximum absolute atomic E-state index is 10.6. The van der Waals surface area contributed by atoms with Gasteiger partial charge in [-0.2, -0.15) is 0 Å². The molecule has 0 heterocycles. The van der Waals surface area contributed by atoms with E-state index in [1.165, 1.54) is 0 Å². The summed E-state index contributed by atoms with van der Waals surface area (Å²) in [5.41, 5.74) is 0. The van der Waals surface area contributed by atoms with Crippen molar-refractivity contribution in [1.29, 1.82) is 0 Å². The van der Waals surface area contributed by atoms with E-state index < -0.39 is 11.8 Å². The zero-order valence-corrected chi connectivity index (χ0v) is 8.41. The third-order valence-electron chi connectivity index (χ3n) is 1.58. The van der Waals surface area contributed by atoms with Crippen molar-refractivity contribution in [2.45, 2.75) is 39.4 Å². The van der Waals surface area contributed by atoms with E-state index in [4.69, 9.17) is 9.84 Å². The molecule has 78 valence electrons. The average molecular weight is 190 g/mol. The topological polar surface area (TPSA) is 66.8 Å². The second kappa shape index (κ2) is 5.19. The highest BCUT2D eigenvalue weighted by Crippen LogP contribution is 2.16. The number of ether oxygens (including phenoxy) is 1. The molecule has 0 aliphatic carbocycles. The molecule has 1 unspecified atom stereocenters. The van der Waals surface area contributed by atoms with Gasteiger partial charge in [0, 0.05) is 6.42 Å². The fourth-order valence-electron chi connectivity index (χ4n) is 0.884. The van der Waals surface area contributed by atoms with Gasteiger partial charge < -0.3 is 14.9 Å². The summed E-state index contributed by atoms with van der Waals surface area (Å²) in [6, 6.07) is 0. The van der Waals surface area contributed by atoms with Gasteiger partial charge in [0.25, 0.3) is 5.79 Å². The van der Waals surface area contributed by atoms with Crippen molar-refractivity contribution in [3.8, 4) is 0 Å². The van der Waals surface area contributed by atoms with Crippen LogP contribution in [0.4, 0.5) is 0 Å². The van der Waals surface area contributed by atoms with E-state index in [9.17, 15) is 9.90 Å². The zero-order chi connectivity index (χ0) is 10.5. The molecule has 0 radical (unpaired) electrons. The minimum atomic E-state index is -2.00. The predicted octanol–water partition coefficient (Wildman–Crippen LogP) is 1.23. The van der Waals surface area contributed by atoms with Crippen LogP contribution in [-0.4, -0.2) is 28.6 Å². The Morgan fingerprint density at radius 1 is 1.54 bits per heavy atom. The lowest BCUT2D eigenvalue weighted by Crippen LogP contribution is -2.42. The summed E-state index contributed by atoms with van der Waals surface area (Å²) in [6.07, 6.45) is 0.690. The molecule has 4 heteroatoms. The van der Waals surface area contributed by atoms with Crippen molar-refractivity contribution >= 4 is 5.97 Å². The van der Waals surface area contributed by atoms with Crippen molar-refractivity contribution in [1.82, 2.24) is 0 Å². The van der Waals surface area contributed by atoms with Crippen LogP contribution in [0.15, 0.2) is 0 Å². The molecule has 2 N–H and O–H groups in total. The smallest absolute Gasteiger partial charge is 0.364 e. The molecule has 0 aromatic carbocycles. The third-order valence-corrected chi connectivity index (χ3v) is 1.58. The Labute approximate surface area is 78.5 Å². The molecule has 0 aromatic rings. The van der Waals surface area contributed by atoms with E-state index in [0.29, 0.717) is 6.42 Å². The minimum absolute atomic E-state index is 0.120. The number of hydrogen-bond acceptors (Lipinski definition) is 3. The van der Waals surface area contributed by atoms with Crippen LogP contribution in [0.2, 0.25) is 0 Å². The van der Waals surface area contributed by atoms with Gasteiger partial charge in [-0.05, 0) is 5.92 Å². The number of rotatable bonds is 6. The Balaban J connectivity index is 4.16. The summed E-state index contributed by atoms with van der Waals surface area (Å²) in [4.78, 5) is 10.6. The summed E-state index contributed by atoms with van der Waals surface area (Å²) in [5.74, 6) is -3.10. The normalized spacial score (nSPS) is 15.8. The summed E-state index contributed by atoms with van der Waals surface area (Å²) in [6.45, 7) is 5.85. The van der Waals surface area contributed by atoms with Crippen LogP contribution in [0.25, 0.3) is 0 Å². The molecule has 0 saturated carbocycles. The highest BCUT2D eigenvalue weighted by atomic mass is 16.6. The molecule has 0 saturated heterocycles. The molecule has 0 bridgehead atoms. The molecule has 0 aliphatic rings. The summed E-state index contributed by atoms with van der Waals surface area (Å²) in [7, 11) is 0.